The molecule has 1 atom stereocenters. The molecule has 1 aromatic carbocycles. The summed E-state index contributed by atoms with van der Waals surface area (Å²) in [6.07, 6.45) is 0.569. The lowest BCUT2D eigenvalue weighted by Gasteiger charge is -2.24. The number of carbonyl (C=O) groups excluding carboxylic acids is 1. The first-order valence-electron chi connectivity index (χ1n) is 8.68. The minimum Gasteiger partial charge on any atom is -0.465 e. The molecule has 0 amide bonds. The van der Waals surface area contributed by atoms with Crippen molar-refractivity contribution in [3.8, 4) is 5.75 Å². The number of hydrogen-bond acceptors (Lipinski definition) is 4. The van der Waals surface area contributed by atoms with Crippen LogP contribution < -0.4 is 4.74 Å². The topological polar surface area (TPSA) is 55.8 Å². The molecule has 140 valence electrons. The van der Waals surface area contributed by atoms with Crippen molar-refractivity contribution in [1.29, 1.82) is 0 Å². The SMILES string of the molecule is CC(C)CC(=O)OCCC(C)(O)Oc1ccc(Cl)cc1.c1cc2ccc1=2. The largest absolute Gasteiger partial charge is 0.465 e. The van der Waals surface area contributed by atoms with Crippen molar-refractivity contribution in [2.75, 3.05) is 6.61 Å². The zero-order chi connectivity index (χ0) is 19.2. The van der Waals surface area contributed by atoms with Gasteiger partial charge in [-0.05, 0) is 40.6 Å². The third-order valence-electron chi connectivity index (χ3n) is 3.77. The van der Waals surface area contributed by atoms with E-state index in [0.29, 0.717) is 17.2 Å². The van der Waals surface area contributed by atoms with E-state index in [-0.39, 0.29) is 24.9 Å². The van der Waals surface area contributed by atoms with Crippen LogP contribution in [0.2, 0.25) is 5.02 Å². The molecule has 0 aromatic heterocycles. The van der Waals surface area contributed by atoms with Gasteiger partial charge >= 0.3 is 5.97 Å². The van der Waals surface area contributed by atoms with E-state index >= 15 is 0 Å². The van der Waals surface area contributed by atoms with Crippen molar-refractivity contribution >= 4 is 17.6 Å². The third-order valence-corrected chi connectivity index (χ3v) is 4.03. The van der Waals surface area contributed by atoms with Crippen LogP contribution in [-0.2, 0) is 9.53 Å². The normalized spacial score (nSPS) is 13.3. The van der Waals surface area contributed by atoms with Crippen molar-refractivity contribution in [3.63, 3.8) is 0 Å². The fraction of sp³-hybridized carbons (Fsp3) is 0.381. The number of esters is 1. The van der Waals surface area contributed by atoms with Gasteiger partial charge in [-0.25, -0.2) is 0 Å². The van der Waals surface area contributed by atoms with Gasteiger partial charge in [0.15, 0.2) is 0 Å². The number of aliphatic hydroxyl groups is 1. The Balaban J connectivity index is 0.000000331. The van der Waals surface area contributed by atoms with Crippen LogP contribution in [0, 0.1) is 16.4 Å². The van der Waals surface area contributed by atoms with E-state index < -0.39 is 5.79 Å². The first-order chi connectivity index (χ1) is 12.2. The average molecular weight is 377 g/mol. The summed E-state index contributed by atoms with van der Waals surface area (Å²) in [4.78, 5) is 11.4. The van der Waals surface area contributed by atoms with Crippen LogP contribution in [-0.4, -0.2) is 23.5 Å². The molecular formula is C21H25ClO4. The Morgan fingerprint density at radius 3 is 2.04 bits per heavy atom. The zero-order valence-electron chi connectivity index (χ0n) is 15.4. The summed E-state index contributed by atoms with van der Waals surface area (Å²) in [7, 11) is 0. The first-order valence-corrected chi connectivity index (χ1v) is 9.06. The lowest BCUT2D eigenvalue weighted by molar-refractivity contribution is -0.155. The second-order valence-electron chi connectivity index (χ2n) is 6.88. The number of rotatable bonds is 7. The number of ether oxygens (including phenoxy) is 2. The van der Waals surface area contributed by atoms with E-state index in [0.717, 1.165) is 0 Å². The molecule has 1 unspecified atom stereocenters. The molecule has 4 nitrogen and oxygen atoms in total. The van der Waals surface area contributed by atoms with E-state index in [4.69, 9.17) is 21.1 Å². The lowest BCUT2D eigenvalue weighted by atomic mass is 10.1. The summed E-state index contributed by atoms with van der Waals surface area (Å²) in [5.74, 6) is -0.894. The van der Waals surface area contributed by atoms with Crippen LogP contribution in [0.3, 0.4) is 0 Å². The predicted molar refractivity (Wildman–Crippen MR) is 102 cm³/mol. The quantitative estimate of drug-likeness (QED) is 0.480. The van der Waals surface area contributed by atoms with Gasteiger partial charge < -0.3 is 14.6 Å². The van der Waals surface area contributed by atoms with Gasteiger partial charge in [-0.15, -0.1) is 0 Å². The van der Waals surface area contributed by atoms with Crippen molar-refractivity contribution < 1.29 is 19.4 Å². The molecular weight excluding hydrogens is 352 g/mol. The van der Waals surface area contributed by atoms with Crippen LogP contribution in [0.5, 0.6) is 5.75 Å². The maximum atomic E-state index is 11.4. The minimum atomic E-state index is -1.40. The van der Waals surface area contributed by atoms with E-state index in [1.807, 2.05) is 13.8 Å². The third kappa shape index (κ3) is 6.70. The molecule has 26 heavy (non-hydrogen) atoms. The number of benzene rings is 2. The first kappa shape index (κ1) is 20.3. The van der Waals surface area contributed by atoms with Crippen LogP contribution >= 0.6 is 11.6 Å². The maximum Gasteiger partial charge on any atom is 0.306 e. The van der Waals surface area contributed by atoms with Gasteiger partial charge in [-0.1, -0.05) is 49.7 Å². The maximum absolute atomic E-state index is 11.4. The van der Waals surface area contributed by atoms with E-state index in [1.165, 1.54) is 17.4 Å². The van der Waals surface area contributed by atoms with Crippen molar-refractivity contribution in [2.45, 2.75) is 39.4 Å². The van der Waals surface area contributed by atoms with Gasteiger partial charge in [-0.2, -0.15) is 0 Å². The average Bonchev–Trinajstić information content (AvgIpc) is 2.52. The molecule has 2 aliphatic carbocycles. The molecule has 0 spiro atoms. The molecule has 0 radical (unpaired) electrons. The number of carbonyl (C=O) groups is 1. The van der Waals surface area contributed by atoms with Gasteiger partial charge in [0.2, 0.25) is 5.79 Å². The highest BCUT2D eigenvalue weighted by Gasteiger charge is 2.23. The predicted octanol–water partition coefficient (Wildman–Crippen LogP) is 4.69. The van der Waals surface area contributed by atoms with Crippen LogP contribution in [0.15, 0.2) is 48.5 Å². The standard InChI is InChI=1S/C15H21ClO4.C6H4/c1-11(2)10-14(17)19-9-8-15(3,18)20-13-6-4-12(16)5-7-13;1-2-6-4-3-5(1)6/h4-7,11,18H,8-10H2,1-3H3;1-4H. The summed E-state index contributed by atoms with van der Waals surface area (Å²) in [6.45, 7) is 5.53. The van der Waals surface area contributed by atoms with Crippen LogP contribution in [0.1, 0.15) is 33.6 Å². The van der Waals surface area contributed by atoms with E-state index in [2.05, 4.69) is 24.3 Å². The van der Waals surface area contributed by atoms with Gasteiger partial charge in [0.05, 0.1) is 6.61 Å². The summed E-state index contributed by atoms with van der Waals surface area (Å²) in [5.41, 5.74) is 0. The molecule has 2 aliphatic rings. The Hall–Kier alpha value is -2.04. The molecule has 1 aromatic rings. The molecule has 1 N–H and O–H groups in total. The minimum absolute atomic E-state index is 0.117. The highest BCUT2D eigenvalue weighted by atomic mass is 35.5. The van der Waals surface area contributed by atoms with Crippen LogP contribution in [0.4, 0.5) is 0 Å². The Morgan fingerprint density at radius 2 is 1.62 bits per heavy atom. The smallest absolute Gasteiger partial charge is 0.306 e. The summed E-state index contributed by atoms with van der Waals surface area (Å²) < 4.78 is 10.5. The Bertz CT molecular complexity index is 762. The summed E-state index contributed by atoms with van der Waals surface area (Å²) >= 11 is 5.77. The van der Waals surface area contributed by atoms with Crippen molar-refractivity contribution in [2.24, 2.45) is 5.92 Å². The highest BCUT2D eigenvalue weighted by molar-refractivity contribution is 6.30. The molecule has 3 rings (SSSR count). The van der Waals surface area contributed by atoms with Crippen molar-refractivity contribution in [3.05, 3.63) is 64.0 Å². The van der Waals surface area contributed by atoms with E-state index in [9.17, 15) is 9.90 Å². The number of halogens is 1. The molecule has 0 saturated carbocycles. The molecule has 0 aliphatic heterocycles. The monoisotopic (exact) mass is 376 g/mol. The van der Waals surface area contributed by atoms with E-state index in [1.54, 1.807) is 24.3 Å². The van der Waals surface area contributed by atoms with Crippen molar-refractivity contribution in [1.82, 2.24) is 0 Å². The summed E-state index contributed by atoms with van der Waals surface area (Å²) in [6, 6.07) is 15.2. The van der Waals surface area contributed by atoms with Gasteiger partial charge in [0, 0.05) is 24.8 Å². The van der Waals surface area contributed by atoms with Gasteiger partial charge in [0.1, 0.15) is 5.75 Å². The second-order valence-corrected chi connectivity index (χ2v) is 7.31. The fourth-order valence-corrected chi connectivity index (χ4v) is 2.34. The second kappa shape index (κ2) is 9.06. The highest BCUT2D eigenvalue weighted by Crippen LogP contribution is 2.21. The molecule has 0 bridgehead atoms. The lowest BCUT2D eigenvalue weighted by Crippen LogP contribution is -2.33. The molecule has 0 fully saturated rings. The van der Waals surface area contributed by atoms with Gasteiger partial charge in [-0.3, -0.25) is 4.79 Å². The molecule has 0 saturated heterocycles. The Morgan fingerprint density at radius 1 is 1.08 bits per heavy atom. The summed E-state index contributed by atoms with van der Waals surface area (Å²) in [5, 5.41) is 13.5. The fourth-order valence-electron chi connectivity index (χ4n) is 2.22. The zero-order valence-corrected chi connectivity index (χ0v) is 16.1. The Labute approximate surface area is 159 Å². The Kier molecular flexibility index (Phi) is 7.06. The van der Waals surface area contributed by atoms with Gasteiger partial charge in [0.25, 0.3) is 0 Å². The van der Waals surface area contributed by atoms with Crippen LogP contribution in [0.25, 0.3) is 0 Å². The molecule has 0 heterocycles. The molecule has 5 heteroatoms. The number of hydrogen-bond donors (Lipinski definition) is 1.